The molecule has 0 radical (unpaired) electrons. The number of piperidine rings is 1. The minimum Gasteiger partial charge on any atom is -0.459 e. The van der Waals surface area contributed by atoms with Gasteiger partial charge in [-0.1, -0.05) is 0 Å². The van der Waals surface area contributed by atoms with Crippen molar-refractivity contribution in [3.63, 3.8) is 0 Å². The number of halogens is 3. The molecule has 0 aromatic rings. The van der Waals surface area contributed by atoms with Crippen molar-refractivity contribution in [2.45, 2.75) is 51.7 Å². The monoisotopic (exact) mass is 462 g/mol. The second-order valence-electron chi connectivity index (χ2n) is 6.62. The SMILES string of the molecule is CN=C(NCC(=O)OC(C)(C)C)NC1CCN(CC(F)F)CC1.I. The summed E-state index contributed by atoms with van der Waals surface area (Å²) in [6.45, 7) is 6.55. The average Bonchev–Trinajstić information content (AvgIpc) is 2.42. The summed E-state index contributed by atoms with van der Waals surface area (Å²) in [6, 6.07) is 0.161. The van der Waals surface area contributed by atoms with Crippen LogP contribution in [0.15, 0.2) is 4.99 Å². The highest BCUT2D eigenvalue weighted by atomic mass is 127. The standard InChI is InChI=1S/C15H28F2N4O2.HI/c1-15(2,3)23-13(22)9-19-14(18-4)20-11-5-7-21(8-6-11)10-12(16)17;/h11-12H,5-10H2,1-4H3,(H2,18,19,20);1H. The second kappa shape index (κ2) is 11.0. The van der Waals surface area contributed by atoms with E-state index in [4.69, 9.17) is 4.74 Å². The molecule has 142 valence electrons. The van der Waals surface area contributed by atoms with Crippen molar-refractivity contribution < 1.29 is 18.3 Å². The third-order valence-electron chi connectivity index (χ3n) is 3.37. The lowest BCUT2D eigenvalue weighted by atomic mass is 10.1. The molecule has 6 nitrogen and oxygen atoms in total. The summed E-state index contributed by atoms with van der Waals surface area (Å²) < 4.78 is 29.9. The molecule has 1 rings (SSSR count). The first-order valence-electron chi connectivity index (χ1n) is 7.89. The lowest BCUT2D eigenvalue weighted by Gasteiger charge is -2.32. The number of aliphatic imine (C=N–C) groups is 1. The van der Waals surface area contributed by atoms with E-state index in [0.29, 0.717) is 19.0 Å². The lowest BCUT2D eigenvalue weighted by Crippen LogP contribution is -2.50. The number of hydrogen-bond donors (Lipinski definition) is 2. The molecule has 0 amide bonds. The van der Waals surface area contributed by atoms with E-state index in [1.807, 2.05) is 20.8 Å². The Morgan fingerprint density at radius 1 is 1.33 bits per heavy atom. The van der Waals surface area contributed by atoms with Crippen LogP contribution in [0.1, 0.15) is 33.6 Å². The predicted octanol–water partition coefficient (Wildman–Crippen LogP) is 1.84. The van der Waals surface area contributed by atoms with E-state index < -0.39 is 12.0 Å². The molecule has 9 heteroatoms. The summed E-state index contributed by atoms with van der Waals surface area (Å²) in [6.07, 6.45) is -0.762. The summed E-state index contributed by atoms with van der Waals surface area (Å²) in [5.74, 6) is 0.162. The molecule has 0 bridgehead atoms. The Morgan fingerprint density at radius 2 is 1.92 bits per heavy atom. The van der Waals surface area contributed by atoms with E-state index in [-0.39, 0.29) is 49.1 Å². The van der Waals surface area contributed by atoms with Gasteiger partial charge in [0.1, 0.15) is 12.1 Å². The van der Waals surface area contributed by atoms with Crippen molar-refractivity contribution in [1.29, 1.82) is 0 Å². The maximum atomic E-state index is 12.3. The highest BCUT2D eigenvalue weighted by Crippen LogP contribution is 2.11. The van der Waals surface area contributed by atoms with Crippen molar-refractivity contribution in [2.24, 2.45) is 4.99 Å². The van der Waals surface area contributed by atoms with E-state index in [2.05, 4.69) is 15.6 Å². The van der Waals surface area contributed by atoms with Crippen LogP contribution in [0.25, 0.3) is 0 Å². The number of hydrogen-bond acceptors (Lipinski definition) is 4. The summed E-state index contributed by atoms with van der Waals surface area (Å²) in [4.78, 5) is 17.5. The van der Waals surface area contributed by atoms with Crippen LogP contribution in [-0.4, -0.2) is 68.1 Å². The van der Waals surface area contributed by atoms with Crippen LogP contribution < -0.4 is 10.6 Å². The third kappa shape index (κ3) is 10.2. The van der Waals surface area contributed by atoms with Crippen LogP contribution in [0.3, 0.4) is 0 Å². The number of guanidine groups is 1. The van der Waals surface area contributed by atoms with Gasteiger partial charge in [0.2, 0.25) is 0 Å². The molecule has 0 aromatic heterocycles. The molecule has 1 aliphatic rings. The first-order chi connectivity index (χ1) is 10.7. The van der Waals surface area contributed by atoms with Crippen molar-refractivity contribution in [3.8, 4) is 0 Å². The first-order valence-corrected chi connectivity index (χ1v) is 7.89. The topological polar surface area (TPSA) is 66.0 Å². The van der Waals surface area contributed by atoms with Crippen LogP contribution in [0.4, 0.5) is 8.78 Å². The second-order valence-corrected chi connectivity index (χ2v) is 6.62. The van der Waals surface area contributed by atoms with E-state index in [0.717, 1.165) is 12.8 Å². The third-order valence-corrected chi connectivity index (χ3v) is 3.37. The summed E-state index contributed by atoms with van der Waals surface area (Å²) in [7, 11) is 1.62. The molecule has 1 aliphatic heterocycles. The Bertz CT molecular complexity index is 409. The lowest BCUT2D eigenvalue weighted by molar-refractivity contribution is -0.153. The molecule has 0 saturated carbocycles. The molecule has 0 unspecified atom stereocenters. The van der Waals surface area contributed by atoms with E-state index in [9.17, 15) is 13.6 Å². The van der Waals surface area contributed by atoms with Gasteiger partial charge in [0.25, 0.3) is 6.43 Å². The Balaban J connectivity index is 0.00000529. The maximum Gasteiger partial charge on any atom is 0.325 e. The molecule has 0 spiro atoms. The number of rotatable bonds is 5. The zero-order valence-corrected chi connectivity index (χ0v) is 17.1. The van der Waals surface area contributed by atoms with Crippen LogP contribution >= 0.6 is 24.0 Å². The summed E-state index contributed by atoms with van der Waals surface area (Å²) in [5.41, 5.74) is -0.521. The Labute approximate surface area is 159 Å². The highest BCUT2D eigenvalue weighted by molar-refractivity contribution is 14.0. The molecular weight excluding hydrogens is 433 g/mol. The Hall–Kier alpha value is -0.710. The first kappa shape index (κ1) is 23.3. The molecule has 2 N–H and O–H groups in total. The van der Waals surface area contributed by atoms with Gasteiger partial charge in [-0.15, -0.1) is 24.0 Å². The summed E-state index contributed by atoms with van der Waals surface area (Å²) >= 11 is 0. The zero-order valence-electron chi connectivity index (χ0n) is 14.8. The molecule has 1 saturated heterocycles. The predicted molar refractivity (Wildman–Crippen MR) is 101 cm³/mol. The quantitative estimate of drug-likeness (QED) is 0.283. The van der Waals surface area contributed by atoms with Gasteiger partial charge in [0.05, 0.1) is 6.54 Å². The van der Waals surface area contributed by atoms with Gasteiger partial charge in [-0.25, -0.2) is 8.78 Å². The van der Waals surface area contributed by atoms with Crippen molar-refractivity contribution in [2.75, 3.05) is 33.2 Å². The average molecular weight is 462 g/mol. The molecule has 24 heavy (non-hydrogen) atoms. The summed E-state index contributed by atoms with van der Waals surface area (Å²) in [5, 5.41) is 6.13. The fourth-order valence-electron chi connectivity index (χ4n) is 2.38. The number of ether oxygens (including phenoxy) is 1. The molecular formula is C15H29F2IN4O2. The molecule has 1 fully saturated rings. The Kier molecular flexibility index (Phi) is 10.7. The van der Waals surface area contributed by atoms with Gasteiger partial charge >= 0.3 is 5.97 Å². The zero-order chi connectivity index (χ0) is 17.5. The van der Waals surface area contributed by atoms with Crippen molar-refractivity contribution in [3.05, 3.63) is 0 Å². The Morgan fingerprint density at radius 3 is 2.38 bits per heavy atom. The number of nitrogens with one attached hydrogen (secondary N) is 2. The molecule has 0 aliphatic carbocycles. The smallest absolute Gasteiger partial charge is 0.325 e. The molecule has 0 aromatic carbocycles. The number of likely N-dealkylation sites (tertiary alicyclic amines) is 1. The van der Waals surface area contributed by atoms with Crippen LogP contribution in [0.5, 0.6) is 0 Å². The van der Waals surface area contributed by atoms with Crippen molar-refractivity contribution >= 4 is 35.9 Å². The van der Waals surface area contributed by atoms with Crippen LogP contribution in [-0.2, 0) is 9.53 Å². The number of carbonyl (C=O) groups is 1. The van der Waals surface area contributed by atoms with Crippen molar-refractivity contribution in [1.82, 2.24) is 15.5 Å². The minimum atomic E-state index is -2.29. The maximum absolute atomic E-state index is 12.3. The number of esters is 1. The van der Waals surface area contributed by atoms with E-state index in [1.54, 1.807) is 11.9 Å². The fourth-order valence-corrected chi connectivity index (χ4v) is 2.38. The highest BCUT2D eigenvalue weighted by Gasteiger charge is 2.22. The van der Waals surface area contributed by atoms with Crippen LogP contribution in [0.2, 0.25) is 0 Å². The number of nitrogens with zero attached hydrogens (tertiary/aromatic N) is 2. The van der Waals surface area contributed by atoms with Gasteiger partial charge in [-0.05, 0) is 33.6 Å². The van der Waals surface area contributed by atoms with E-state index in [1.165, 1.54) is 0 Å². The van der Waals surface area contributed by atoms with Gasteiger partial charge in [0, 0.05) is 26.2 Å². The largest absolute Gasteiger partial charge is 0.459 e. The normalized spacial score (nSPS) is 17.4. The number of carbonyl (C=O) groups excluding carboxylic acids is 1. The molecule has 1 heterocycles. The van der Waals surface area contributed by atoms with Gasteiger partial charge < -0.3 is 15.4 Å². The van der Waals surface area contributed by atoms with Gasteiger partial charge in [0.15, 0.2) is 5.96 Å². The van der Waals surface area contributed by atoms with Gasteiger partial charge in [-0.2, -0.15) is 0 Å². The number of alkyl halides is 2. The van der Waals surface area contributed by atoms with E-state index >= 15 is 0 Å². The van der Waals surface area contributed by atoms with Crippen LogP contribution in [0, 0.1) is 0 Å². The minimum absolute atomic E-state index is 0. The van der Waals surface area contributed by atoms with Gasteiger partial charge in [-0.3, -0.25) is 14.7 Å². The fraction of sp³-hybridized carbons (Fsp3) is 0.867. The molecule has 0 atom stereocenters.